The number of nitrogens with one attached hydrogen (secondary N) is 1. The van der Waals surface area contributed by atoms with E-state index in [1.54, 1.807) is 24.5 Å². The van der Waals surface area contributed by atoms with Gasteiger partial charge in [-0.2, -0.15) is 0 Å². The van der Waals surface area contributed by atoms with E-state index < -0.39 is 0 Å². The Bertz CT molecular complexity index is 874. The first-order valence-electron chi connectivity index (χ1n) is 9.12. The van der Waals surface area contributed by atoms with Gasteiger partial charge in [-0.3, -0.25) is 9.78 Å². The lowest BCUT2D eigenvalue weighted by Crippen LogP contribution is -2.12. The first kappa shape index (κ1) is 18.6. The van der Waals surface area contributed by atoms with E-state index in [0.717, 1.165) is 12.1 Å². The van der Waals surface area contributed by atoms with Gasteiger partial charge in [-0.05, 0) is 65.9 Å². The standard InChI is InChI=1S/C23H24N2O2/c1-17(2)16-27-22-5-3-4-20(15-22)23(26)25-21-8-6-18(7-9-21)14-19-10-12-24-13-11-19/h3-13,15,17H,14,16H2,1-2H3,(H,25,26). The third-order valence-electron chi connectivity index (χ3n) is 4.05. The van der Waals surface area contributed by atoms with E-state index in [4.69, 9.17) is 4.74 Å². The number of hydrogen-bond acceptors (Lipinski definition) is 3. The average Bonchev–Trinajstić information content (AvgIpc) is 2.69. The van der Waals surface area contributed by atoms with Crippen molar-refractivity contribution >= 4 is 11.6 Å². The van der Waals surface area contributed by atoms with Gasteiger partial charge in [0.05, 0.1) is 6.61 Å². The molecule has 0 saturated carbocycles. The van der Waals surface area contributed by atoms with Gasteiger partial charge in [0.1, 0.15) is 5.75 Å². The minimum atomic E-state index is -0.146. The first-order valence-corrected chi connectivity index (χ1v) is 9.12. The number of nitrogens with zero attached hydrogens (tertiary/aromatic N) is 1. The predicted molar refractivity (Wildman–Crippen MR) is 108 cm³/mol. The van der Waals surface area contributed by atoms with Crippen LogP contribution in [0.25, 0.3) is 0 Å². The lowest BCUT2D eigenvalue weighted by molar-refractivity contribution is 0.102. The summed E-state index contributed by atoms with van der Waals surface area (Å²) in [7, 11) is 0. The van der Waals surface area contributed by atoms with E-state index in [1.165, 1.54) is 11.1 Å². The molecule has 1 N–H and O–H groups in total. The maximum Gasteiger partial charge on any atom is 0.255 e. The Labute approximate surface area is 160 Å². The molecule has 3 rings (SSSR count). The Hall–Kier alpha value is -3.14. The summed E-state index contributed by atoms with van der Waals surface area (Å²) in [6.07, 6.45) is 4.43. The number of pyridine rings is 1. The van der Waals surface area contributed by atoms with Crippen LogP contribution in [-0.2, 0) is 6.42 Å². The van der Waals surface area contributed by atoms with Crippen molar-refractivity contribution in [2.45, 2.75) is 20.3 Å². The second-order valence-electron chi connectivity index (χ2n) is 6.92. The zero-order chi connectivity index (χ0) is 19.1. The summed E-state index contributed by atoms with van der Waals surface area (Å²) in [5, 5.41) is 2.94. The van der Waals surface area contributed by atoms with E-state index in [-0.39, 0.29) is 5.91 Å². The molecule has 0 spiro atoms. The lowest BCUT2D eigenvalue weighted by Gasteiger charge is -2.10. The highest BCUT2D eigenvalue weighted by Crippen LogP contribution is 2.17. The van der Waals surface area contributed by atoms with E-state index in [9.17, 15) is 4.79 Å². The lowest BCUT2D eigenvalue weighted by atomic mass is 10.1. The van der Waals surface area contributed by atoms with Crippen molar-refractivity contribution in [3.8, 4) is 5.75 Å². The molecule has 1 heterocycles. The van der Waals surface area contributed by atoms with Crippen molar-refractivity contribution in [3.05, 3.63) is 89.7 Å². The number of anilines is 1. The van der Waals surface area contributed by atoms with Crippen LogP contribution in [0.3, 0.4) is 0 Å². The fourth-order valence-electron chi connectivity index (χ4n) is 2.64. The highest BCUT2D eigenvalue weighted by Gasteiger charge is 2.08. The Morgan fingerprint density at radius 2 is 1.70 bits per heavy atom. The number of aromatic nitrogens is 1. The summed E-state index contributed by atoms with van der Waals surface area (Å²) in [6, 6.07) is 19.2. The summed E-state index contributed by atoms with van der Waals surface area (Å²) in [6.45, 7) is 4.81. The average molecular weight is 360 g/mol. The summed E-state index contributed by atoms with van der Waals surface area (Å²) in [5.74, 6) is 1.00. The molecule has 0 bridgehead atoms. The number of hydrogen-bond donors (Lipinski definition) is 1. The molecule has 0 radical (unpaired) electrons. The number of ether oxygens (including phenoxy) is 1. The second kappa shape index (κ2) is 8.99. The van der Waals surface area contributed by atoms with Gasteiger partial charge < -0.3 is 10.1 Å². The van der Waals surface area contributed by atoms with E-state index in [0.29, 0.717) is 23.8 Å². The molecular weight excluding hydrogens is 336 g/mol. The van der Waals surface area contributed by atoms with E-state index in [1.807, 2.05) is 48.5 Å². The zero-order valence-corrected chi connectivity index (χ0v) is 15.7. The number of carbonyl (C=O) groups is 1. The molecule has 3 aromatic rings. The zero-order valence-electron chi connectivity index (χ0n) is 15.7. The van der Waals surface area contributed by atoms with Gasteiger partial charge >= 0.3 is 0 Å². The first-order chi connectivity index (χ1) is 13.1. The van der Waals surface area contributed by atoms with Crippen LogP contribution in [0.2, 0.25) is 0 Å². The topological polar surface area (TPSA) is 51.2 Å². The van der Waals surface area contributed by atoms with Gasteiger partial charge in [0.25, 0.3) is 5.91 Å². The van der Waals surface area contributed by atoms with E-state index in [2.05, 4.69) is 24.1 Å². The molecule has 138 valence electrons. The van der Waals surface area contributed by atoms with Crippen molar-refractivity contribution < 1.29 is 9.53 Å². The molecule has 4 nitrogen and oxygen atoms in total. The van der Waals surface area contributed by atoms with Crippen molar-refractivity contribution in [1.82, 2.24) is 4.98 Å². The van der Waals surface area contributed by atoms with Crippen LogP contribution >= 0.6 is 0 Å². The predicted octanol–water partition coefficient (Wildman–Crippen LogP) is 4.96. The fraction of sp³-hybridized carbons (Fsp3) is 0.217. The van der Waals surface area contributed by atoms with Crippen LogP contribution in [0.1, 0.15) is 35.3 Å². The molecule has 0 fully saturated rings. The summed E-state index contributed by atoms with van der Waals surface area (Å²) < 4.78 is 5.70. The van der Waals surface area contributed by atoms with Crippen molar-refractivity contribution in [1.29, 1.82) is 0 Å². The highest BCUT2D eigenvalue weighted by atomic mass is 16.5. The van der Waals surface area contributed by atoms with Crippen LogP contribution in [0, 0.1) is 5.92 Å². The Balaban J connectivity index is 1.61. The van der Waals surface area contributed by atoms with Crippen molar-refractivity contribution in [2.75, 3.05) is 11.9 Å². The maximum atomic E-state index is 12.5. The Morgan fingerprint density at radius 1 is 1.00 bits per heavy atom. The van der Waals surface area contributed by atoms with Crippen molar-refractivity contribution in [2.24, 2.45) is 5.92 Å². The van der Waals surface area contributed by atoms with Crippen LogP contribution in [0.5, 0.6) is 5.75 Å². The SMILES string of the molecule is CC(C)COc1cccc(C(=O)Nc2ccc(Cc3ccncc3)cc2)c1. The number of carbonyl (C=O) groups excluding carboxylic acids is 1. The smallest absolute Gasteiger partial charge is 0.255 e. The minimum absolute atomic E-state index is 0.146. The normalized spacial score (nSPS) is 10.6. The summed E-state index contributed by atoms with van der Waals surface area (Å²) in [4.78, 5) is 16.5. The van der Waals surface area contributed by atoms with Gasteiger partial charge in [-0.15, -0.1) is 0 Å². The number of rotatable bonds is 7. The van der Waals surface area contributed by atoms with Gasteiger partial charge in [0.15, 0.2) is 0 Å². The second-order valence-corrected chi connectivity index (χ2v) is 6.92. The Kier molecular flexibility index (Phi) is 6.21. The Morgan fingerprint density at radius 3 is 2.41 bits per heavy atom. The van der Waals surface area contributed by atoms with Crippen molar-refractivity contribution in [3.63, 3.8) is 0 Å². The molecular formula is C23H24N2O2. The maximum absolute atomic E-state index is 12.5. The summed E-state index contributed by atoms with van der Waals surface area (Å²) in [5.41, 5.74) is 3.74. The van der Waals surface area contributed by atoms with Gasteiger partial charge in [-0.1, -0.05) is 32.0 Å². The molecule has 0 atom stereocenters. The molecule has 4 heteroatoms. The molecule has 1 aromatic heterocycles. The molecule has 1 amide bonds. The summed E-state index contributed by atoms with van der Waals surface area (Å²) >= 11 is 0. The molecule has 0 aliphatic heterocycles. The minimum Gasteiger partial charge on any atom is -0.493 e. The van der Waals surface area contributed by atoms with Gasteiger partial charge in [0, 0.05) is 23.6 Å². The molecule has 0 aliphatic carbocycles. The van der Waals surface area contributed by atoms with Crippen LogP contribution in [0.4, 0.5) is 5.69 Å². The van der Waals surface area contributed by atoms with Gasteiger partial charge in [-0.25, -0.2) is 0 Å². The molecule has 0 aliphatic rings. The fourth-order valence-corrected chi connectivity index (χ4v) is 2.64. The monoisotopic (exact) mass is 360 g/mol. The number of amides is 1. The molecule has 2 aromatic carbocycles. The molecule has 0 unspecified atom stereocenters. The van der Waals surface area contributed by atoms with Crippen LogP contribution < -0.4 is 10.1 Å². The molecule has 0 saturated heterocycles. The molecule has 27 heavy (non-hydrogen) atoms. The largest absolute Gasteiger partial charge is 0.493 e. The third-order valence-corrected chi connectivity index (χ3v) is 4.05. The van der Waals surface area contributed by atoms with Gasteiger partial charge in [0.2, 0.25) is 0 Å². The third kappa shape index (κ3) is 5.68. The van der Waals surface area contributed by atoms with Crippen LogP contribution in [-0.4, -0.2) is 17.5 Å². The number of benzene rings is 2. The quantitative estimate of drug-likeness (QED) is 0.648. The highest BCUT2D eigenvalue weighted by molar-refractivity contribution is 6.04. The van der Waals surface area contributed by atoms with Crippen LogP contribution in [0.15, 0.2) is 73.1 Å². The van der Waals surface area contributed by atoms with E-state index >= 15 is 0 Å².